The number of fused-ring (bicyclic) bond motifs is 1. The molecular weight excluding hydrogens is 348 g/mol. The molecule has 0 unspecified atom stereocenters. The number of nitrogens with zero attached hydrogens (tertiary/aromatic N) is 3. The topological polar surface area (TPSA) is 48.5 Å². The minimum absolute atomic E-state index is 0.213. The molecular formula is C23H26N4O. The quantitative estimate of drug-likeness (QED) is 0.740. The molecule has 0 saturated carbocycles. The van der Waals surface area contributed by atoms with E-state index >= 15 is 0 Å². The van der Waals surface area contributed by atoms with Crippen LogP contribution in [0.2, 0.25) is 0 Å². The van der Waals surface area contributed by atoms with Crippen molar-refractivity contribution in [2.75, 3.05) is 42.9 Å². The molecule has 1 aliphatic rings. The van der Waals surface area contributed by atoms with Crippen LogP contribution in [-0.4, -0.2) is 48.5 Å². The van der Waals surface area contributed by atoms with E-state index in [1.165, 1.54) is 11.3 Å². The van der Waals surface area contributed by atoms with Gasteiger partial charge in [0.25, 0.3) is 0 Å². The number of para-hydroxylation sites is 1. The molecule has 0 aliphatic carbocycles. The Morgan fingerprint density at radius 1 is 1.04 bits per heavy atom. The SMILES string of the molecule is Cc1cccc(N2CCN(C(=O)CCNc3cccc4cccnc34)CC2)c1. The van der Waals surface area contributed by atoms with Crippen LogP contribution >= 0.6 is 0 Å². The predicted molar refractivity (Wildman–Crippen MR) is 115 cm³/mol. The van der Waals surface area contributed by atoms with Gasteiger partial charge in [-0.2, -0.15) is 0 Å². The van der Waals surface area contributed by atoms with Crippen molar-refractivity contribution in [3.05, 3.63) is 66.4 Å². The summed E-state index contributed by atoms with van der Waals surface area (Å²) in [6, 6.07) is 18.6. The van der Waals surface area contributed by atoms with E-state index in [4.69, 9.17) is 0 Å². The summed E-state index contributed by atoms with van der Waals surface area (Å²) < 4.78 is 0. The Bertz CT molecular complexity index is 958. The molecule has 2 heterocycles. The molecule has 5 nitrogen and oxygen atoms in total. The highest BCUT2D eigenvalue weighted by Gasteiger charge is 2.21. The van der Waals surface area contributed by atoms with Crippen molar-refractivity contribution in [3.63, 3.8) is 0 Å². The lowest BCUT2D eigenvalue weighted by atomic mass is 10.2. The number of rotatable bonds is 5. The van der Waals surface area contributed by atoms with Gasteiger partial charge in [0, 0.05) is 56.4 Å². The van der Waals surface area contributed by atoms with Crippen LogP contribution < -0.4 is 10.2 Å². The molecule has 28 heavy (non-hydrogen) atoms. The maximum atomic E-state index is 12.6. The summed E-state index contributed by atoms with van der Waals surface area (Å²) in [5.74, 6) is 0.213. The smallest absolute Gasteiger partial charge is 0.224 e. The summed E-state index contributed by atoms with van der Waals surface area (Å²) in [6.07, 6.45) is 2.29. The fourth-order valence-corrected chi connectivity index (χ4v) is 3.75. The Morgan fingerprint density at radius 3 is 2.64 bits per heavy atom. The van der Waals surface area contributed by atoms with E-state index < -0.39 is 0 Å². The lowest BCUT2D eigenvalue weighted by Crippen LogP contribution is -2.49. The fourth-order valence-electron chi connectivity index (χ4n) is 3.75. The van der Waals surface area contributed by atoms with Gasteiger partial charge in [-0.3, -0.25) is 9.78 Å². The van der Waals surface area contributed by atoms with Crippen LogP contribution in [-0.2, 0) is 4.79 Å². The maximum Gasteiger partial charge on any atom is 0.224 e. The zero-order valence-electron chi connectivity index (χ0n) is 16.3. The summed E-state index contributed by atoms with van der Waals surface area (Å²) in [5, 5.41) is 4.48. The van der Waals surface area contributed by atoms with Crippen LogP contribution in [0.15, 0.2) is 60.8 Å². The summed E-state index contributed by atoms with van der Waals surface area (Å²) in [4.78, 5) is 21.4. The Hall–Kier alpha value is -3.08. The average molecular weight is 374 g/mol. The maximum absolute atomic E-state index is 12.6. The molecule has 4 rings (SSSR count). The highest BCUT2D eigenvalue weighted by Crippen LogP contribution is 2.21. The first-order chi connectivity index (χ1) is 13.7. The van der Waals surface area contributed by atoms with Crippen molar-refractivity contribution in [1.82, 2.24) is 9.88 Å². The van der Waals surface area contributed by atoms with Gasteiger partial charge in [0.05, 0.1) is 11.2 Å². The molecule has 1 N–H and O–H groups in total. The Labute approximate surface area is 166 Å². The van der Waals surface area contributed by atoms with E-state index in [-0.39, 0.29) is 5.91 Å². The minimum Gasteiger partial charge on any atom is -0.383 e. The van der Waals surface area contributed by atoms with Crippen molar-refractivity contribution in [1.29, 1.82) is 0 Å². The van der Waals surface area contributed by atoms with E-state index in [1.807, 2.05) is 35.2 Å². The third-order valence-electron chi connectivity index (χ3n) is 5.29. The summed E-state index contributed by atoms with van der Waals surface area (Å²) >= 11 is 0. The molecule has 2 aromatic carbocycles. The van der Waals surface area contributed by atoms with E-state index in [0.717, 1.165) is 42.8 Å². The highest BCUT2D eigenvalue weighted by atomic mass is 16.2. The molecule has 5 heteroatoms. The van der Waals surface area contributed by atoms with Crippen molar-refractivity contribution >= 4 is 28.2 Å². The number of carbonyl (C=O) groups excluding carboxylic acids is 1. The number of pyridine rings is 1. The van der Waals surface area contributed by atoms with Crippen LogP contribution in [0.25, 0.3) is 10.9 Å². The van der Waals surface area contributed by atoms with Gasteiger partial charge in [0.15, 0.2) is 0 Å². The van der Waals surface area contributed by atoms with Gasteiger partial charge in [0.1, 0.15) is 0 Å². The number of amides is 1. The number of piperazine rings is 1. The van der Waals surface area contributed by atoms with E-state index in [0.29, 0.717) is 13.0 Å². The summed E-state index contributed by atoms with van der Waals surface area (Å²) in [6.45, 7) is 6.06. The van der Waals surface area contributed by atoms with Crippen LogP contribution in [0.5, 0.6) is 0 Å². The first-order valence-corrected chi connectivity index (χ1v) is 9.88. The Balaban J connectivity index is 1.28. The third kappa shape index (κ3) is 4.09. The van der Waals surface area contributed by atoms with Gasteiger partial charge in [-0.25, -0.2) is 0 Å². The lowest BCUT2D eigenvalue weighted by molar-refractivity contribution is -0.131. The molecule has 1 aliphatic heterocycles. The monoisotopic (exact) mass is 374 g/mol. The molecule has 1 aromatic heterocycles. The molecule has 144 valence electrons. The highest BCUT2D eigenvalue weighted by molar-refractivity contribution is 5.90. The molecule has 0 atom stereocenters. The number of aryl methyl sites for hydroxylation is 1. The number of nitrogens with one attached hydrogen (secondary N) is 1. The zero-order chi connectivity index (χ0) is 19.3. The van der Waals surface area contributed by atoms with Crippen LogP contribution in [0.3, 0.4) is 0 Å². The number of anilines is 2. The number of aromatic nitrogens is 1. The van der Waals surface area contributed by atoms with Gasteiger partial charge < -0.3 is 15.1 Å². The molecule has 0 bridgehead atoms. The van der Waals surface area contributed by atoms with Crippen LogP contribution in [0.4, 0.5) is 11.4 Å². The predicted octanol–water partition coefficient (Wildman–Crippen LogP) is 3.69. The number of hydrogen-bond donors (Lipinski definition) is 1. The Kier molecular flexibility index (Phi) is 5.42. The van der Waals surface area contributed by atoms with Crippen LogP contribution in [0, 0.1) is 6.92 Å². The summed E-state index contributed by atoms with van der Waals surface area (Å²) in [5.41, 5.74) is 4.45. The second-order valence-corrected chi connectivity index (χ2v) is 7.26. The van der Waals surface area contributed by atoms with Gasteiger partial charge in [-0.1, -0.05) is 30.3 Å². The van der Waals surface area contributed by atoms with Gasteiger partial charge in [-0.15, -0.1) is 0 Å². The van der Waals surface area contributed by atoms with Gasteiger partial charge in [0.2, 0.25) is 5.91 Å². The van der Waals surface area contributed by atoms with Crippen molar-refractivity contribution < 1.29 is 4.79 Å². The first-order valence-electron chi connectivity index (χ1n) is 9.88. The second-order valence-electron chi connectivity index (χ2n) is 7.26. The number of hydrogen-bond acceptors (Lipinski definition) is 4. The first kappa shape index (κ1) is 18.3. The normalized spacial score (nSPS) is 14.3. The van der Waals surface area contributed by atoms with Crippen molar-refractivity contribution in [3.8, 4) is 0 Å². The van der Waals surface area contributed by atoms with E-state index in [9.17, 15) is 4.79 Å². The van der Waals surface area contributed by atoms with Gasteiger partial charge in [-0.05, 0) is 36.8 Å². The molecule has 1 fully saturated rings. The van der Waals surface area contributed by atoms with Crippen molar-refractivity contribution in [2.24, 2.45) is 0 Å². The molecule has 0 radical (unpaired) electrons. The van der Waals surface area contributed by atoms with Crippen LogP contribution in [0.1, 0.15) is 12.0 Å². The van der Waals surface area contributed by atoms with E-state index in [1.54, 1.807) is 6.20 Å². The number of benzene rings is 2. The molecule has 3 aromatic rings. The zero-order valence-corrected chi connectivity index (χ0v) is 16.3. The largest absolute Gasteiger partial charge is 0.383 e. The molecule has 1 saturated heterocycles. The third-order valence-corrected chi connectivity index (χ3v) is 5.29. The molecule has 0 spiro atoms. The standard InChI is InChI=1S/C23H26N4O/c1-18-5-2-8-20(17-18)26-13-15-27(16-14-26)22(28)10-12-24-21-9-3-6-19-7-4-11-25-23(19)21/h2-9,11,17,24H,10,12-16H2,1H3. The lowest BCUT2D eigenvalue weighted by Gasteiger charge is -2.36. The summed E-state index contributed by atoms with van der Waals surface area (Å²) in [7, 11) is 0. The fraction of sp³-hybridized carbons (Fsp3) is 0.304. The molecule has 1 amide bonds. The van der Waals surface area contributed by atoms with Gasteiger partial charge >= 0.3 is 0 Å². The average Bonchev–Trinajstić information content (AvgIpc) is 2.74. The number of carbonyl (C=O) groups is 1. The van der Waals surface area contributed by atoms with E-state index in [2.05, 4.69) is 46.4 Å². The minimum atomic E-state index is 0.213. The van der Waals surface area contributed by atoms with Crippen molar-refractivity contribution in [2.45, 2.75) is 13.3 Å². The Morgan fingerprint density at radius 2 is 1.82 bits per heavy atom. The second kappa shape index (κ2) is 8.30.